The maximum Gasteiger partial charge on any atom is 0.175 e. The van der Waals surface area contributed by atoms with E-state index in [4.69, 9.17) is 41.2 Å². The first kappa shape index (κ1) is 15.0. The number of hydrogen-bond donors (Lipinski definition) is 1. The van der Waals surface area contributed by atoms with Crippen LogP contribution in [0.1, 0.15) is 6.42 Å². The highest BCUT2D eigenvalue weighted by molar-refractivity contribution is 7.80. The summed E-state index contributed by atoms with van der Waals surface area (Å²) in [7, 11) is 0. The van der Waals surface area contributed by atoms with Crippen LogP contribution in [-0.4, -0.2) is 21.7 Å². The molecule has 0 saturated carbocycles. The lowest BCUT2D eigenvalue weighted by Crippen LogP contribution is -2.23. The van der Waals surface area contributed by atoms with Gasteiger partial charge in [0.2, 0.25) is 0 Å². The van der Waals surface area contributed by atoms with Gasteiger partial charge < -0.3 is 10.6 Å². The number of para-hydroxylation sites is 1. The Bertz CT molecular complexity index is 607. The van der Waals surface area contributed by atoms with Crippen molar-refractivity contribution in [2.24, 2.45) is 5.73 Å². The zero-order valence-corrected chi connectivity index (χ0v) is 12.8. The van der Waals surface area contributed by atoms with Crippen molar-refractivity contribution in [1.29, 1.82) is 0 Å². The van der Waals surface area contributed by atoms with Crippen molar-refractivity contribution in [3.63, 3.8) is 0 Å². The third kappa shape index (κ3) is 3.79. The summed E-state index contributed by atoms with van der Waals surface area (Å²) in [6, 6.07) is 11.4. The Kier molecular flexibility index (Phi) is 5.11. The quantitative estimate of drug-likeness (QED) is 0.851. The maximum absolute atomic E-state index is 6.12. The lowest BCUT2D eigenvalue weighted by atomic mass is 10.2. The van der Waals surface area contributed by atoms with E-state index >= 15 is 0 Å². The van der Waals surface area contributed by atoms with Crippen molar-refractivity contribution in [3.8, 4) is 0 Å². The van der Waals surface area contributed by atoms with E-state index in [0.29, 0.717) is 23.6 Å². The monoisotopic (exact) mass is 326 g/mol. The molecule has 0 atom stereocenters. The van der Waals surface area contributed by atoms with Crippen molar-refractivity contribution in [1.82, 2.24) is 10.2 Å². The summed E-state index contributed by atoms with van der Waals surface area (Å²) in [6.45, 7) is 0.584. The molecule has 0 radical (unpaired) electrons. The summed E-state index contributed by atoms with van der Waals surface area (Å²) in [5.74, 6) is 0. The molecule has 0 aliphatic carbocycles. The second kappa shape index (κ2) is 6.83. The van der Waals surface area contributed by atoms with Gasteiger partial charge in [0.05, 0.1) is 10.7 Å². The van der Waals surface area contributed by atoms with Crippen LogP contribution in [0, 0.1) is 0 Å². The molecule has 0 saturated heterocycles. The SMILES string of the molecule is NC(=S)CCN(c1ccccc1)c1cc(Cl)nnc1Cl. The molecule has 2 N–H and O–H groups in total. The molecule has 0 aliphatic rings. The fourth-order valence-corrected chi connectivity index (χ4v) is 2.18. The largest absolute Gasteiger partial charge is 0.393 e. The Labute approximate surface area is 132 Å². The molecule has 0 unspecified atom stereocenters. The highest BCUT2D eigenvalue weighted by Gasteiger charge is 2.15. The minimum Gasteiger partial charge on any atom is -0.393 e. The van der Waals surface area contributed by atoms with E-state index in [1.165, 1.54) is 0 Å². The number of benzene rings is 1. The average molecular weight is 327 g/mol. The highest BCUT2D eigenvalue weighted by atomic mass is 35.5. The zero-order valence-electron chi connectivity index (χ0n) is 10.5. The summed E-state index contributed by atoms with van der Waals surface area (Å²) >= 11 is 17.0. The van der Waals surface area contributed by atoms with E-state index in [0.717, 1.165) is 5.69 Å². The Morgan fingerprint density at radius 1 is 1.20 bits per heavy atom. The van der Waals surface area contributed by atoms with Crippen LogP contribution in [0.25, 0.3) is 0 Å². The Morgan fingerprint density at radius 3 is 2.55 bits per heavy atom. The zero-order chi connectivity index (χ0) is 14.5. The van der Waals surface area contributed by atoms with Gasteiger partial charge in [-0.1, -0.05) is 53.6 Å². The normalized spacial score (nSPS) is 10.3. The Hall–Kier alpha value is -1.43. The molecule has 1 heterocycles. The Balaban J connectivity index is 2.40. The minimum atomic E-state index is 0.278. The number of aromatic nitrogens is 2. The number of thiocarbonyl (C=S) groups is 1. The molecule has 7 heteroatoms. The van der Waals surface area contributed by atoms with Gasteiger partial charge >= 0.3 is 0 Å². The smallest absolute Gasteiger partial charge is 0.175 e. The van der Waals surface area contributed by atoms with Gasteiger partial charge in [0, 0.05) is 24.7 Å². The first-order valence-electron chi connectivity index (χ1n) is 5.87. The predicted octanol–water partition coefficient (Wildman–Crippen LogP) is 3.60. The van der Waals surface area contributed by atoms with E-state index in [-0.39, 0.29) is 10.3 Å². The average Bonchev–Trinajstić information content (AvgIpc) is 2.43. The molecule has 4 nitrogen and oxygen atoms in total. The van der Waals surface area contributed by atoms with E-state index in [1.54, 1.807) is 6.07 Å². The fraction of sp³-hybridized carbons (Fsp3) is 0.154. The summed E-state index contributed by atoms with van der Waals surface area (Å²) in [4.78, 5) is 2.40. The van der Waals surface area contributed by atoms with Gasteiger partial charge in [-0.3, -0.25) is 0 Å². The van der Waals surface area contributed by atoms with Gasteiger partial charge in [0.25, 0.3) is 0 Å². The van der Waals surface area contributed by atoms with Crippen LogP contribution in [0.5, 0.6) is 0 Å². The van der Waals surface area contributed by atoms with Crippen LogP contribution in [-0.2, 0) is 0 Å². The fourth-order valence-electron chi connectivity index (χ4n) is 1.75. The van der Waals surface area contributed by atoms with Gasteiger partial charge in [0.1, 0.15) is 0 Å². The van der Waals surface area contributed by atoms with Gasteiger partial charge in [0.15, 0.2) is 10.3 Å². The molecule has 0 fully saturated rings. The van der Waals surface area contributed by atoms with E-state index in [9.17, 15) is 0 Å². The molecule has 0 aliphatic heterocycles. The van der Waals surface area contributed by atoms with Crippen molar-refractivity contribution >= 4 is 51.8 Å². The molecular weight excluding hydrogens is 315 g/mol. The molecule has 0 bridgehead atoms. The van der Waals surface area contributed by atoms with Gasteiger partial charge in [-0.05, 0) is 12.1 Å². The van der Waals surface area contributed by atoms with Crippen LogP contribution >= 0.6 is 35.4 Å². The molecule has 2 aromatic rings. The third-order valence-corrected chi connectivity index (χ3v) is 3.30. The summed E-state index contributed by atoms with van der Waals surface area (Å²) in [6.07, 6.45) is 0.556. The standard InChI is InChI=1S/C13H12Cl2N4S/c14-11-8-10(13(15)18-17-11)19(7-6-12(16)20)9-4-2-1-3-5-9/h1-5,8H,6-7H2,(H2,16,20). The molecule has 0 amide bonds. The minimum absolute atomic E-state index is 0.278. The predicted molar refractivity (Wildman–Crippen MR) is 86.9 cm³/mol. The van der Waals surface area contributed by atoms with E-state index < -0.39 is 0 Å². The second-order valence-corrected chi connectivity index (χ2v) is 5.32. The second-order valence-electron chi connectivity index (χ2n) is 4.05. The number of rotatable bonds is 5. The van der Waals surface area contributed by atoms with E-state index in [1.807, 2.05) is 35.2 Å². The van der Waals surface area contributed by atoms with Crippen LogP contribution in [0.3, 0.4) is 0 Å². The number of halogens is 2. The molecule has 1 aromatic carbocycles. The van der Waals surface area contributed by atoms with Gasteiger partial charge in [-0.25, -0.2) is 0 Å². The van der Waals surface area contributed by atoms with Crippen molar-refractivity contribution in [3.05, 3.63) is 46.7 Å². The summed E-state index contributed by atoms with van der Waals surface area (Å²) < 4.78 is 0. The topological polar surface area (TPSA) is 55.0 Å². The van der Waals surface area contributed by atoms with Crippen LogP contribution in [0.15, 0.2) is 36.4 Å². The maximum atomic E-state index is 6.12. The Morgan fingerprint density at radius 2 is 1.90 bits per heavy atom. The van der Waals surface area contributed by atoms with Crippen LogP contribution < -0.4 is 10.6 Å². The van der Waals surface area contributed by atoms with E-state index in [2.05, 4.69) is 10.2 Å². The number of hydrogen-bond acceptors (Lipinski definition) is 4. The van der Waals surface area contributed by atoms with Gasteiger partial charge in [-0.2, -0.15) is 0 Å². The first-order chi connectivity index (χ1) is 9.58. The molecular formula is C13H12Cl2N4S. The summed E-state index contributed by atoms with van der Waals surface area (Å²) in [5.41, 5.74) is 7.21. The number of nitrogens with two attached hydrogens (primary N) is 1. The van der Waals surface area contributed by atoms with Crippen LogP contribution in [0.4, 0.5) is 11.4 Å². The summed E-state index contributed by atoms with van der Waals surface area (Å²) in [5, 5.41) is 8.10. The lowest BCUT2D eigenvalue weighted by molar-refractivity contribution is 0.942. The molecule has 2 rings (SSSR count). The molecule has 0 spiro atoms. The number of nitrogens with zero attached hydrogens (tertiary/aromatic N) is 3. The van der Waals surface area contributed by atoms with Crippen LogP contribution in [0.2, 0.25) is 10.3 Å². The lowest BCUT2D eigenvalue weighted by Gasteiger charge is -2.25. The first-order valence-corrected chi connectivity index (χ1v) is 7.04. The van der Waals surface area contributed by atoms with Crippen molar-refractivity contribution < 1.29 is 0 Å². The highest BCUT2D eigenvalue weighted by Crippen LogP contribution is 2.31. The third-order valence-electron chi connectivity index (χ3n) is 2.64. The molecule has 1 aromatic heterocycles. The number of anilines is 2. The van der Waals surface area contributed by atoms with Gasteiger partial charge in [-0.15, -0.1) is 10.2 Å². The van der Waals surface area contributed by atoms with Crippen molar-refractivity contribution in [2.45, 2.75) is 6.42 Å². The molecule has 104 valence electrons. The van der Waals surface area contributed by atoms with Crippen molar-refractivity contribution in [2.75, 3.05) is 11.4 Å². The molecule has 20 heavy (non-hydrogen) atoms.